The van der Waals surface area contributed by atoms with E-state index < -0.39 is 0 Å². The van der Waals surface area contributed by atoms with Crippen molar-refractivity contribution in [3.63, 3.8) is 0 Å². The average molecular weight is 314 g/mol. The fourth-order valence-corrected chi connectivity index (χ4v) is 2.55. The molecule has 0 aliphatic rings. The molecule has 0 fully saturated rings. The largest absolute Gasteiger partial charge is 0.494 e. The maximum absolute atomic E-state index is 9.48. The van der Waals surface area contributed by atoms with Crippen molar-refractivity contribution < 1.29 is 9.84 Å². The normalized spacial score (nSPS) is 11.0. The maximum Gasteiger partial charge on any atom is 0.124 e. The van der Waals surface area contributed by atoms with E-state index in [4.69, 9.17) is 4.74 Å². The highest BCUT2D eigenvalue weighted by molar-refractivity contribution is 5.37. The molecule has 124 valence electrons. The zero-order valence-electron chi connectivity index (χ0n) is 14.2. The van der Waals surface area contributed by atoms with Gasteiger partial charge in [-0.2, -0.15) is 0 Å². The number of rotatable bonds is 8. The lowest BCUT2D eigenvalue weighted by molar-refractivity contribution is 0.266. The van der Waals surface area contributed by atoms with Crippen LogP contribution in [0.1, 0.15) is 36.2 Å². The Labute approximate surface area is 138 Å². The summed E-state index contributed by atoms with van der Waals surface area (Å²) in [5.41, 5.74) is 4.32. The van der Waals surface area contributed by atoms with E-state index in [-0.39, 0.29) is 6.61 Å². The van der Waals surface area contributed by atoms with Crippen LogP contribution in [0.4, 0.5) is 0 Å². The Hall–Kier alpha value is -1.91. The summed E-state index contributed by atoms with van der Waals surface area (Å²) in [7, 11) is 2.07. The third-order valence-corrected chi connectivity index (χ3v) is 3.77. The molecule has 1 heterocycles. The van der Waals surface area contributed by atoms with Crippen LogP contribution in [0.3, 0.4) is 0 Å². The monoisotopic (exact) mass is 314 g/mol. The summed E-state index contributed by atoms with van der Waals surface area (Å²) in [6.45, 7) is 6.27. The number of pyridine rings is 1. The van der Waals surface area contributed by atoms with E-state index in [1.807, 2.05) is 31.3 Å². The summed E-state index contributed by atoms with van der Waals surface area (Å²) in [4.78, 5) is 6.71. The number of aliphatic hydroxyl groups excluding tert-OH is 1. The van der Waals surface area contributed by atoms with Crippen molar-refractivity contribution in [1.29, 1.82) is 0 Å². The van der Waals surface area contributed by atoms with E-state index in [0.29, 0.717) is 6.61 Å². The van der Waals surface area contributed by atoms with Crippen LogP contribution in [0.2, 0.25) is 0 Å². The minimum Gasteiger partial charge on any atom is -0.494 e. The van der Waals surface area contributed by atoms with Crippen molar-refractivity contribution >= 4 is 0 Å². The number of ether oxygens (including phenoxy) is 1. The minimum atomic E-state index is -0.00702. The number of benzene rings is 1. The third-order valence-electron chi connectivity index (χ3n) is 3.77. The molecule has 0 unspecified atom stereocenters. The lowest BCUT2D eigenvalue weighted by Crippen LogP contribution is -2.18. The van der Waals surface area contributed by atoms with Gasteiger partial charge >= 0.3 is 0 Å². The molecule has 0 saturated carbocycles. The highest BCUT2D eigenvalue weighted by Crippen LogP contribution is 2.21. The first-order valence-electron chi connectivity index (χ1n) is 8.14. The van der Waals surface area contributed by atoms with Gasteiger partial charge in [-0.05, 0) is 49.7 Å². The molecule has 1 aromatic carbocycles. The summed E-state index contributed by atoms with van der Waals surface area (Å²) in [5, 5.41) is 9.48. The highest BCUT2D eigenvalue weighted by atomic mass is 16.5. The fourth-order valence-electron chi connectivity index (χ4n) is 2.55. The van der Waals surface area contributed by atoms with Gasteiger partial charge in [-0.1, -0.05) is 19.1 Å². The molecule has 23 heavy (non-hydrogen) atoms. The number of aromatic nitrogens is 1. The van der Waals surface area contributed by atoms with Gasteiger partial charge in [-0.15, -0.1) is 0 Å². The molecule has 0 aliphatic carbocycles. The molecule has 4 nitrogen and oxygen atoms in total. The molecule has 0 spiro atoms. The first-order chi connectivity index (χ1) is 11.2. The molecule has 2 rings (SSSR count). The van der Waals surface area contributed by atoms with Gasteiger partial charge in [0.2, 0.25) is 0 Å². The van der Waals surface area contributed by atoms with Crippen LogP contribution < -0.4 is 4.74 Å². The Kier molecular flexibility index (Phi) is 6.56. The number of aliphatic hydroxyl groups is 1. The van der Waals surface area contributed by atoms with Crippen LogP contribution >= 0.6 is 0 Å². The van der Waals surface area contributed by atoms with Gasteiger partial charge < -0.3 is 9.84 Å². The number of nitrogens with zero attached hydrogens (tertiary/aromatic N) is 2. The predicted molar refractivity (Wildman–Crippen MR) is 92.3 cm³/mol. The number of hydrogen-bond donors (Lipinski definition) is 1. The van der Waals surface area contributed by atoms with E-state index in [1.165, 1.54) is 5.56 Å². The Morgan fingerprint density at radius 1 is 1.09 bits per heavy atom. The first-order valence-corrected chi connectivity index (χ1v) is 8.14. The zero-order valence-corrected chi connectivity index (χ0v) is 14.2. The van der Waals surface area contributed by atoms with Crippen molar-refractivity contribution in [3.8, 4) is 5.75 Å². The number of hydrogen-bond acceptors (Lipinski definition) is 4. The standard InChI is InChI=1S/C19H26N2O2/c1-4-15-6-8-18(20-11-15)13-21(3)12-16-7-9-19(23-5-2)17(10-16)14-22/h6-11,22H,4-5,12-14H2,1-3H3. The summed E-state index contributed by atoms with van der Waals surface area (Å²) in [5.74, 6) is 0.762. The Bertz CT molecular complexity index is 611. The van der Waals surface area contributed by atoms with Gasteiger partial charge in [0.1, 0.15) is 5.75 Å². The SMILES string of the molecule is CCOc1ccc(CN(C)Cc2ccc(CC)cn2)cc1CO. The quantitative estimate of drug-likeness (QED) is 0.813. The second kappa shape index (κ2) is 8.65. The van der Waals surface area contributed by atoms with Gasteiger partial charge in [-0.25, -0.2) is 0 Å². The van der Waals surface area contributed by atoms with Crippen molar-refractivity contribution in [2.75, 3.05) is 13.7 Å². The Morgan fingerprint density at radius 2 is 1.87 bits per heavy atom. The van der Waals surface area contributed by atoms with Gasteiger partial charge in [0.15, 0.2) is 0 Å². The Morgan fingerprint density at radius 3 is 2.48 bits per heavy atom. The minimum absolute atomic E-state index is 0.00702. The van der Waals surface area contributed by atoms with Crippen molar-refractivity contribution in [2.24, 2.45) is 0 Å². The molecule has 0 bridgehead atoms. The third kappa shape index (κ3) is 5.05. The van der Waals surface area contributed by atoms with Crippen molar-refractivity contribution in [3.05, 3.63) is 58.9 Å². The van der Waals surface area contributed by atoms with Gasteiger partial charge in [0, 0.05) is 24.8 Å². The summed E-state index contributed by atoms with van der Waals surface area (Å²) >= 11 is 0. The van der Waals surface area contributed by atoms with Crippen LogP contribution in [0.25, 0.3) is 0 Å². The predicted octanol–water partition coefficient (Wildman–Crippen LogP) is 3.17. The number of aryl methyl sites for hydroxylation is 1. The summed E-state index contributed by atoms with van der Waals surface area (Å²) < 4.78 is 5.52. The van der Waals surface area contributed by atoms with Crippen LogP contribution in [0.15, 0.2) is 36.5 Å². The molecule has 1 N–H and O–H groups in total. The summed E-state index contributed by atoms with van der Waals surface area (Å²) in [6.07, 6.45) is 2.96. The van der Waals surface area contributed by atoms with Gasteiger partial charge in [-0.3, -0.25) is 9.88 Å². The molecule has 4 heteroatoms. The van der Waals surface area contributed by atoms with Crippen LogP contribution in [-0.4, -0.2) is 28.6 Å². The average Bonchev–Trinajstić information content (AvgIpc) is 2.57. The second-order valence-electron chi connectivity index (χ2n) is 5.72. The van der Waals surface area contributed by atoms with Gasteiger partial charge in [0.25, 0.3) is 0 Å². The maximum atomic E-state index is 9.48. The molecule has 2 aromatic rings. The van der Waals surface area contributed by atoms with Gasteiger partial charge in [0.05, 0.1) is 18.9 Å². The van der Waals surface area contributed by atoms with Crippen molar-refractivity contribution in [1.82, 2.24) is 9.88 Å². The second-order valence-corrected chi connectivity index (χ2v) is 5.72. The lowest BCUT2D eigenvalue weighted by atomic mass is 10.1. The molecular formula is C19H26N2O2. The lowest BCUT2D eigenvalue weighted by Gasteiger charge is -2.18. The fraction of sp³-hybridized carbons (Fsp3) is 0.421. The van der Waals surface area contributed by atoms with Crippen molar-refractivity contribution in [2.45, 2.75) is 40.0 Å². The molecule has 0 atom stereocenters. The van der Waals surface area contributed by atoms with E-state index in [9.17, 15) is 5.11 Å². The van der Waals surface area contributed by atoms with E-state index >= 15 is 0 Å². The van der Waals surface area contributed by atoms with Crippen LogP contribution in [0, 0.1) is 0 Å². The topological polar surface area (TPSA) is 45.6 Å². The molecule has 0 amide bonds. The van der Waals surface area contributed by atoms with Crippen LogP contribution in [-0.2, 0) is 26.1 Å². The molecular weight excluding hydrogens is 288 g/mol. The smallest absolute Gasteiger partial charge is 0.124 e. The highest BCUT2D eigenvalue weighted by Gasteiger charge is 2.07. The Balaban J connectivity index is 1.99. The van der Waals surface area contributed by atoms with E-state index in [2.05, 4.69) is 36.0 Å². The molecule has 0 radical (unpaired) electrons. The first kappa shape index (κ1) is 17.4. The van der Waals surface area contributed by atoms with Crippen LogP contribution in [0.5, 0.6) is 5.75 Å². The zero-order chi connectivity index (χ0) is 16.7. The molecule has 0 saturated heterocycles. The van der Waals surface area contributed by atoms with E-state index in [0.717, 1.165) is 42.1 Å². The molecule has 0 aliphatic heterocycles. The molecule has 1 aromatic heterocycles. The summed E-state index contributed by atoms with van der Waals surface area (Å²) in [6, 6.07) is 10.2. The van der Waals surface area contributed by atoms with E-state index in [1.54, 1.807) is 0 Å².